The molecule has 5 nitrogen and oxygen atoms in total. The van der Waals surface area contributed by atoms with Crippen molar-refractivity contribution in [3.8, 4) is 5.69 Å². The summed E-state index contributed by atoms with van der Waals surface area (Å²) in [6.07, 6.45) is 5.99. The van der Waals surface area contributed by atoms with E-state index < -0.39 is 0 Å². The van der Waals surface area contributed by atoms with E-state index in [1.54, 1.807) is 6.20 Å². The van der Waals surface area contributed by atoms with Crippen LogP contribution in [-0.2, 0) is 6.42 Å². The van der Waals surface area contributed by atoms with E-state index in [1.165, 1.54) is 16.8 Å². The molecule has 5 heteroatoms. The number of para-hydroxylation sites is 1. The number of carbonyl (C=O) groups excluding carboxylic acids is 1. The van der Waals surface area contributed by atoms with E-state index in [1.807, 2.05) is 35.2 Å². The number of carbonyl (C=O) groups is 1. The Kier molecular flexibility index (Phi) is 5.28. The van der Waals surface area contributed by atoms with Crippen LogP contribution in [0, 0.1) is 5.92 Å². The van der Waals surface area contributed by atoms with Gasteiger partial charge in [0.25, 0.3) is 5.91 Å². The number of amides is 1. The quantitative estimate of drug-likeness (QED) is 0.696. The molecule has 2 heterocycles. The molecule has 0 atom stereocenters. The molecule has 0 spiro atoms. The fourth-order valence-corrected chi connectivity index (χ4v) is 3.65. The van der Waals surface area contributed by atoms with Gasteiger partial charge in [-0.3, -0.25) is 4.79 Å². The SMILES string of the molecule is O=C(c1cnn(-c2ccccc2)n1)N1CCC(CCc2ccccc2)CC1. The van der Waals surface area contributed by atoms with Crippen molar-refractivity contribution in [3.63, 3.8) is 0 Å². The molecule has 1 aliphatic rings. The highest BCUT2D eigenvalue weighted by Crippen LogP contribution is 2.23. The van der Waals surface area contributed by atoms with Crippen molar-refractivity contribution in [2.45, 2.75) is 25.7 Å². The number of nitrogens with zero attached hydrogens (tertiary/aromatic N) is 4. The van der Waals surface area contributed by atoms with Crippen LogP contribution in [0.4, 0.5) is 0 Å². The van der Waals surface area contributed by atoms with Crippen LogP contribution in [0.1, 0.15) is 35.3 Å². The summed E-state index contributed by atoms with van der Waals surface area (Å²) in [5.41, 5.74) is 2.67. The van der Waals surface area contributed by atoms with Gasteiger partial charge in [0.05, 0.1) is 11.9 Å². The summed E-state index contributed by atoms with van der Waals surface area (Å²) in [7, 11) is 0. The van der Waals surface area contributed by atoms with E-state index in [0.29, 0.717) is 11.6 Å². The second-order valence-corrected chi connectivity index (χ2v) is 7.11. The van der Waals surface area contributed by atoms with Gasteiger partial charge < -0.3 is 4.90 Å². The number of aromatic nitrogens is 3. The average Bonchev–Trinajstić information content (AvgIpc) is 3.24. The van der Waals surface area contributed by atoms with Crippen molar-refractivity contribution >= 4 is 5.91 Å². The molecule has 3 aromatic rings. The van der Waals surface area contributed by atoms with Crippen LogP contribution in [-0.4, -0.2) is 38.9 Å². The van der Waals surface area contributed by atoms with Gasteiger partial charge in [-0.05, 0) is 49.3 Å². The third kappa shape index (κ3) is 4.25. The molecule has 1 saturated heterocycles. The van der Waals surface area contributed by atoms with Gasteiger partial charge in [0, 0.05) is 13.1 Å². The van der Waals surface area contributed by atoms with Crippen molar-refractivity contribution in [2.75, 3.05) is 13.1 Å². The number of piperidine rings is 1. The lowest BCUT2D eigenvalue weighted by Crippen LogP contribution is -2.38. The largest absolute Gasteiger partial charge is 0.337 e. The van der Waals surface area contributed by atoms with Crippen molar-refractivity contribution in [2.24, 2.45) is 5.92 Å². The Morgan fingerprint density at radius 2 is 1.63 bits per heavy atom. The van der Waals surface area contributed by atoms with Crippen molar-refractivity contribution in [1.29, 1.82) is 0 Å². The second kappa shape index (κ2) is 8.16. The fraction of sp³-hybridized carbons (Fsp3) is 0.318. The van der Waals surface area contributed by atoms with Gasteiger partial charge in [0.1, 0.15) is 0 Å². The molecule has 0 bridgehead atoms. The molecular formula is C22H24N4O. The average molecular weight is 360 g/mol. The molecule has 2 aromatic carbocycles. The highest BCUT2D eigenvalue weighted by atomic mass is 16.2. The normalized spacial score (nSPS) is 15.0. The summed E-state index contributed by atoms with van der Waals surface area (Å²) in [6, 6.07) is 20.3. The Labute approximate surface area is 159 Å². The molecule has 0 aliphatic carbocycles. The molecule has 1 aliphatic heterocycles. The van der Waals surface area contributed by atoms with Crippen LogP contribution in [0.15, 0.2) is 66.9 Å². The van der Waals surface area contributed by atoms with Gasteiger partial charge >= 0.3 is 0 Å². The summed E-state index contributed by atoms with van der Waals surface area (Å²) in [5, 5.41) is 8.60. The van der Waals surface area contributed by atoms with Gasteiger partial charge in [-0.15, -0.1) is 5.10 Å². The van der Waals surface area contributed by atoms with Crippen molar-refractivity contribution < 1.29 is 4.79 Å². The van der Waals surface area contributed by atoms with Crippen molar-refractivity contribution in [1.82, 2.24) is 19.9 Å². The molecule has 1 fully saturated rings. The van der Waals surface area contributed by atoms with E-state index in [-0.39, 0.29) is 5.91 Å². The zero-order valence-electron chi connectivity index (χ0n) is 15.4. The molecular weight excluding hydrogens is 336 g/mol. The first-order valence-corrected chi connectivity index (χ1v) is 9.60. The minimum atomic E-state index is -0.0151. The van der Waals surface area contributed by atoms with Crippen LogP contribution in [0.5, 0.6) is 0 Å². The van der Waals surface area contributed by atoms with Crippen LogP contribution in [0.25, 0.3) is 5.69 Å². The van der Waals surface area contributed by atoms with E-state index >= 15 is 0 Å². The van der Waals surface area contributed by atoms with Gasteiger partial charge in [-0.2, -0.15) is 9.90 Å². The van der Waals surface area contributed by atoms with Crippen LogP contribution < -0.4 is 0 Å². The molecule has 0 radical (unpaired) electrons. The Bertz CT molecular complexity index is 868. The number of rotatable bonds is 5. The molecule has 0 unspecified atom stereocenters. The number of benzene rings is 2. The Morgan fingerprint density at radius 3 is 2.33 bits per heavy atom. The summed E-state index contributed by atoms with van der Waals surface area (Å²) >= 11 is 0. The van der Waals surface area contributed by atoms with E-state index in [2.05, 4.69) is 40.5 Å². The lowest BCUT2D eigenvalue weighted by molar-refractivity contribution is 0.0680. The number of hydrogen-bond donors (Lipinski definition) is 0. The zero-order valence-corrected chi connectivity index (χ0v) is 15.4. The van der Waals surface area contributed by atoms with Crippen LogP contribution in [0.3, 0.4) is 0 Å². The minimum Gasteiger partial charge on any atom is -0.337 e. The molecule has 0 N–H and O–H groups in total. The highest BCUT2D eigenvalue weighted by molar-refractivity contribution is 5.92. The van der Waals surface area contributed by atoms with E-state index in [4.69, 9.17) is 0 Å². The second-order valence-electron chi connectivity index (χ2n) is 7.11. The van der Waals surface area contributed by atoms with Gasteiger partial charge in [0.15, 0.2) is 5.69 Å². The lowest BCUT2D eigenvalue weighted by Gasteiger charge is -2.31. The summed E-state index contributed by atoms with van der Waals surface area (Å²) < 4.78 is 0. The van der Waals surface area contributed by atoms with Gasteiger partial charge in [0.2, 0.25) is 0 Å². The molecule has 1 amide bonds. The predicted octanol–water partition coefficient (Wildman–Crippen LogP) is 3.75. The molecule has 27 heavy (non-hydrogen) atoms. The number of hydrogen-bond acceptors (Lipinski definition) is 3. The maximum absolute atomic E-state index is 12.7. The first kappa shape index (κ1) is 17.5. The first-order valence-electron chi connectivity index (χ1n) is 9.60. The topological polar surface area (TPSA) is 51.0 Å². The zero-order chi connectivity index (χ0) is 18.5. The third-order valence-corrected chi connectivity index (χ3v) is 5.28. The summed E-state index contributed by atoms with van der Waals surface area (Å²) in [4.78, 5) is 16.2. The van der Waals surface area contributed by atoms with Crippen LogP contribution in [0.2, 0.25) is 0 Å². The smallest absolute Gasteiger partial charge is 0.276 e. The minimum absolute atomic E-state index is 0.0151. The Morgan fingerprint density at radius 1 is 0.963 bits per heavy atom. The third-order valence-electron chi connectivity index (χ3n) is 5.28. The first-order chi connectivity index (χ1) is 13.3. The van der Waals surface area contributed by atoms with E-state index in [0.717, 1.165) is 38.0 Å². The van der Waals surface area contributed by atoms with Gasteiger partial charge in [-0.1, -0.05) is 48.5 Å². The molecule has 138 valence electrons. The molecule has 0 saturated carbocycles. The maximum Gasteiger partial charge on any atom is 0.276 e. The summed E-state index contributed by atoms with van der Waals surface area (Å²) in [5.74, 6) is 0.674. The maximum atomic E-state index is 12.7. The molecule has 4 rings (SSSR count). The monoisotopic (exact) mass is 360 g/mol. The van der Waals surface area contributed by atoms with Crippen molar-refractivity contribution in [3.05, 3.63) is 78.1 Å². The number of aryl methyl sites for hydroxylation is 1. The highest BCUT2D eigenvalue weighted by Gasteiger charge is 2.25. The predicted molar refractivity (Wildman–Crippen MR) is 105 cm³/mol. The van der Waals surface area contributed by atoms with E-state index in [9.17, 15) is 4.79 Å². The number of likely N-dealkylation sites (tertiary alicyclic amines) is 1. The van der Waals surface area contributed by atoms with Gasteiger partial charge in [-0.25, -0.2) is 0 Å². The molecule has 1 aromatic heterocycles. The summed E-state index contributed by atoms with van der Waals surface area (Å²) in [6.45, 7) is 1.60. The Balaban J connectivity index is 1.30. The lowest BCUT2D eigenvalue weighted by atomic mass is 9.90. The fourth-order valence-electron chi connectivity index (χ4n) is 3.65. The van der Waals surface area contributed by atoms with Crippen LogP contribution >= 0.6 is 0 Å². The Hall–Kier alpha value is -2.95. The standard InChI is InChI=1S/C22H24N4O/c27-22(21-17-23-26(24-21)20-9-5-2-6-10-20)25-15-13-19(14-16-25)12-11-18-7-3-1-4-8-18/h1-10,17,19H,11-16H2.